The van der Waals surface area contributed by atoms with Gasteiger partial charge in [-0.25, -0.2) is 0 Å². The van der Waals surface area contributed by atoms with Gasteiger partial charge in [0.2, 0.25) is 5.91 Å². The van der Waals surface area contributed by atoms with Gasteiger partial charge >= 0.3 is 0 Å². The molecule has 4 nitrogen and oxygen atoms in total. The van der Waals surface area contributed by atoms with Crippen molar-refractivity contribution in [1.29, 1.82) is 0 Å². The van der Waals surface area contributed by atoms with Crippen LogP contribution in [0.1, 0.15) is 26.2 Å². The van der Waals surface area contributed by atoms with Crippen LogP contribution in [0.4, 0.5) is 0 Å². The molecule has 2 fully saturated rings. The van der Waals surface area contributed by atoms with Gasteiger partial charge in [0.15, 0.2) is 0 Å². The molecule has 1 heterocycles. The van der Waals surface area contributed by atoms with E-state index in [0.717, 1.165) is 32.0 Å². The SMILES string of the molecule is CC1CN(C)CCC1NCC(=O)NCC1CC1. The second kappa shape index (κ2) is 5.83. The highest BCUT2D eigenvalue weighted by atomic mass is 16.1. The number of carbonyl (C=O) groups excluding carboxylic acids is 1. The molecule has 0 radical (unpaired) electrons. The molecule has 2 N–H and O–H groups in total. The van der Waals surface area contributed by atoms with E-state index in [9.17, 15) is 4.79 Å². The minimum Gasteiger partial charge on any atom is -0.355 e. The normalized spacial score (nSPS) is 30.2. The van der Waals surface area contributed by atoms with Gasteiger partial charge in [-0.2, -0.15) is 0 Å². The summed E-state index contributed by atoms with van der Waals surface area (Å²) >= 11 is 0. The zero-order valence-electron chi connectivity index (χ0n) is 11.0. The molecule has 1 aliphatic heterocycles. The molecular formula is C13H25N3O. The van der Waals surface area contributed by atoms with Crippen LogP contribution in [-0.2, 0) is 4.79 Å². The molecule has 0 bridgehead atoms. The Labute approximate surface area is 104 Å². The Morgan fingerprint density at radius 3 is 2.76 bits per heavy atom. The van der Waals surface area contributed by atoms with Crippen molar-refractivity contribution in [3.8, 4) is 0 Å². The van der Waals surface area contributed by atoms with E-state index in [0.29, 0.717) is 18.5 Å². The topological polar surface area (TPSA) is 44.4 Å². The number of piperidine rings is 1. The fraction of sp³-hybridized carbons (Fsp3) is 0.923. The summed E-state index contributed by atoms with van der Waals surface area (Å²) < 4.78 is 0. The molecule has 98 valence electrons. The molecule has 2 rings (SSSR count). The first kappa shape index (κ1) is 12.8. The third-order valence-electron chi connectivity index (χ3n) is 3.92. The first-order chi connectivity index (χ1) is 8.15. The average Bonchev–Trinajstić information content (AvgIpc) is 3.09. The number of carbonyl (C=O) groups is 1. The predicted octanol–water partition coefficient (Wildman–Crippen LogP) is 0.442. The van der Waals surface area contributed by atoms with E-state index >= 15 is 0 Å². The van der Waals surface area contributed by atoms with Gasteiger partial charge in [0, 0.05) is 19.1 Å². The molecule has 0 aromatic heterocycles. The summed E-state index contributed by atoms with van der Waals surface area (Å²) in [6.45, 7) is 5.87. The monoisotopic (exact) mass is 239 g/mol. The maximum atomic E-state index is 11.6. The van der Waals surface area contributed by atoms with Crippen molar-refractivity contribution < 1.29 is 4.79 Å². The summed E-state index contributed by atoms with van der Waals surface area (Å²) in [7, 11) is 2.16. The molecule has 4 heteroatoms. The lowest BCUT2D eigenvalue weighted by molar-refractivity contribution is -0.120. The van der Waals surface area contributed by atoms with Gasteiger partial charge < -0.3 is 15.5 Å². The number of amides is 1. The zero-order valence-corrected chi connectivity index (χ0v) is 11.0. The van der Waals surface area contributed by atoms with Crippen LogP contribution in [0.15, 0.2) is 0 Å². The second-order valence-corrected chi connectivity index (χ2v) is 5.76. The first-order valence-electron chi connectivity index (χ1n) is 6.84. The summed E-state index contributed by atoms with van der Waals surface area (Å²) in [5.41, 5.74) is 0. The predicted molar refractivity (Wildman–Crippen MR) is 68.8 cm³/mol. The Balaban J connectivity index is 1.61. The van der Waals surface area contributed by atoms with E-state index in [4.69, 9.17) is 0 Å². The zero-order chi connectivity index (χ0) is 12.3. The minimum atomic E-state index is 0.156. The highest BCUT2D eigenvalue weighted by Crippen LogP contribution is 2.27. The molecule has 2 aliphatic rings. The van der Waals surface area contributed by atoms with Crippen molar-refractivity contribution in [3.05, 3.63) is 0 Å². The number of likely N-dealkylation sites (tertiary alicyclic amines) is 1. The minimum absolute atomic E-state index is 0.156. The summed E-state index contributed by atoms with van der Waals surface area (Å²) in [5, 5.41) is 6.39. The van der Waals surface area contributed by atoms with Crippen molar-refractivity contribution in [1.82, 2.24) is 15.5 Å². The molecular weight excluding hydrogens is 214 g/mol. The summed E-state index contributed by atoms with van der Waals surface area (Å²) in [4.78, 5) is 14.0. The standard InChI is InChI=1S/C13H25N3O/c1-10-9-16(2)6-5-12(10)14-8-13(17)15-7-11-3-4-11/h10-12,14H,3-9H2,1-2H3,(H,15,17). The van der Waals surface area contributed by atoms with Gasteiger partial charge in [0.25, 0.3) is 0 Å². The van der Waals surface area contributed by atoms with Gasteiger partial charge in [0.05, 0.1) is 6.54 Å². The maximum Gasteiger partial charge on any atom is 0.233 e. The van der Waals surface area contributed by atoms with Gasteiger partial charge in [-0.3, -0.25) is 4.79 Å². The van der Waals surface area contributed by atoms with Crippen LogP contribution in [0.3, 0.4) is 0 Å². The van der Waals surface area contributed by atoms with Gasteiger partial charge in [-0.1, -0.05) is 6.92 Å². The fourth-order valence-corrected chi connectivity index (χ4v) is 2.52. The highest BCUT2D eigenvalue weighted by Gasteiger charge is 2.25. The van der Waals surface area contributed by atoms with E-state index in [1.165, 1.54) is 12.8 Å². The lowest BCUT2D eigenvalue weighted by Gasteiger charge is -2.35. The molecule has 0 aromatic carbocycles. The lowest BCUT2D eigenvalue weighted by atomic mass is 9.94. The maximum absolute atomic E-state index is 11.6. The molecule has 1 saturated heterocycles. The Morgan fingerprint density at radius 2 is 2.12 bits per heavy atom. The molecule has 17 heavy (non-hydrogen) atoms. The van der Waals surface area contributed by atoms with Crippen LogP contribution in [0.25, 0.3) is 0 Å². The van der Waals surface area contributed by atoms with Crippen LogP contribution >= 0.6 is 0 Å². The van der Waals surface area contributed by atoms with Gasteiger partial charge in [-0.15, -0.1) is 0 Å². The number of rotatable bonds is 5. The van der Waals surface area contributed by atoms with Crippen LogP contribution < -0.4 is 10.6 Å². The van der Waals surface area contributed by atoms with Gasteiger partial charge in [0.1, 0.15) is 0 Å². The number of hydrogen-bond donors (Lipinski definition) is 2. The van der Waals surface area contributed by atoms with Crippen LogP contribution in [0, 0.1) is 11.8 Å². The second-order valence-electron chi connectivity index (χ2n) is 5.76. The van der Waals surface area contributed by atoms with E-state index in [-0.39, 0.29) is 5.91 Å². The highest BCUT2D eigenvalue weighted by molar-refractivity contribution is 5.78. The smallest absolute Gasteiger partial charge is 0.233 e. The third-order valence-corrected chi connectivity index (χ3v) is 3.92. The Bertz CT molecular complexity index is 265. The molecule has 1 saturated carbocycles. The molecule has 0 aromatic rings. The van der Waals surface area contributed by atoms with E-state index < -0.39 is 0 Å². The molecule has 2 unspecified atom stereocenters. The van der Waals surface area contributed by atoms with E-state index in [1.807, 2.05) is 0 Å². The number of nitrogens with one attached hydrogen (secondary N) is 2. The number of hydrogen-bond acceptors (Lipinski definition) is 3. The van der Waals surface area contributed by atoms with E-state index in [2.05, 4.69) is 29.5 Å². The fourth-order valence-electron chi connectivity index (χ4n) is 2.52. The Kier molecular flexibility index (Phi) is 4.40. The van der Waals surface area contributed by atoms with Crippen LogP contribution in [0.2, 0.25) is 0 Å². The average molecular weight is 239 g/mol. The van der Waals surface area contributed by atoms with Crippen molar-refractivity contribution in [2.24, 2.45) is 11.8 Å². The molecule has 1 amide bonds. The van der Waals surface area contributed by atoms with Crippen molar-refractivity contribution in [2.75, 3.05) is 33.2 Å². The first-order valence-corrected chi connectivity index (χ1v) is 6.84. The van der Waals surface area contributed by atoms with Gasteiger partial charge in [-0.05, 0) is 44.7 Å². The Hall–Kier alpha value is -0.610. The summed E-state index contributed by atoms with van der Waals surface area (Å²) in [6, 6.07) is 0.498. The lowest BCUT2D eigenvalue weighted by Crippen LogP contribution is -2.49. The summed E-state index contributed by atoms with van der Waals surface area (Å²) in [6.07, 6.45) is 3.73. The summed E-state index contributed by atoms with van der Waals surface area (Å²) in [5.74, 6) is 1.55. The molecule has 1 aliphatic carbocycles. The molecule has 0 spiro atoms. The largest absolute Gasteiger partial charge is 0.355 e. The van der Waals surface area contributed by atoms with E-state index in [1.54, 1.807) is 0 Å². The van der Waals surface area contributed by atoms with Crippen LogP contribution in [-0.4, -0.2) is 50.1 Å². The van der Waals surface area contributed by atoms with Crippen LogP contribution in [0.5, 0.6) is 0 Å². The quantitative estimate of drug-likeness (QED) is 0.732. The number of nitrogens with zero attached hydrogens (tertiary/aromatic N) is 1. The molecule has 2 atom stereocenters. The van der Waals surface area contributed by atoms with Crippen molar-refractivity contribution in [3.63, 3.8) is 0 Å². The van der Waals surface area contributed by atoms with Crippen molar-refractivity contribution >= 4 is 5.91 Å². The Morgan fingerprint density at radius 1 is 1.35 bits per heavy atom. The van der Waals surface area contributed by atoms with Crippen molar-refractivity contribution in [2.45, 2.75) is 32.2 Å². The third kappa shape index (κ3) is 4.28.